The first-order valence-electron chi connectivity index (χ1n) is 20.2. The molecule has 0 nitrogen and oxygen atoms in total. The SMILES string of the molecule is CC.CC.CC.CC.CC(C)(C)C.CCC.CCC.CCC.c1ccccc1.c1ccccc1.c1ccccc1.c1ccccc1.c1ccccc1. The van der Waals surface area contributed by atoms with Gasteiger partial charge in [-0.25, -0.2) is 0 Å². The number of hydrogen-bond acceptors (Lipinski definition) is 0. The van der Waals surface area contributed by atoms with Crippen molar-refractivity contribution >= 4 is 0 Å². The minimum atomic E-state index is 0.500. The van der Waals surface area contributed by atoms with Crippen LogP contribution in [-0.2, 0) is 0 Å². The largest absolute Gasteiger partial charge is 0.0683 e. The van der Waals surface area contributed by atoms with Crippen molar-refractivity contribution in [2.24, 2.45) is 5.41 Å². The van der Waals surface area contributed by atoms with Crippen LogP contribution < -0.4 is 0 Å². The van der Waals surface area contributed by atoms with Crippen LogP contribution in [0, 0.1) is 5.41 Å². The van der Waals surface area contributed by atoms with Gasteiger partial charge in [0.25, 0.3) is 0 Å². The third kappa shape index (κ3) is 138. The molecule has 0 radical (unpaired) electrons. The van der Waals surface area contributed by atoms with Gasteiger partial charge in [-0.3, -0.25) is 0 Å². The average Bonchev–Trinajstić information content (AvgIpc) is 3.23. The molecule has 5 rings (SSSR count). The van der Waals surface area contributed by atoms with Crippen LogP contribution in [0.3, 0.4) is 0 Å². The van der Waals surface area contributed by atoms with E-state index in [0.29, 0.717) is 5.41 Å². The molecule has 0 amide bonds. The standard InChI is InChI=1S/5C6H6.C5H12.3C3H8.4C2H6/c5*1-2-4-6-5-3-1;1-5(2,3)4;3*1-3-2;4*1-2/h5*1-6H;1-4H3;3*3H2,1-2H3;4*1-2H3. The molecule has 5 aromatic carbocycles. The van der Waals surface area contributed by atoms with E-state index in [1.807, 2.05) is 237 Å². The maximum absolute atomic E-state index is 2.19. The lowest BCUT2D eigenvalue weighted by Crippen LogP contribution is -1.93. The Morgan fingerprint density at radius 3 is 0.231 bits per heavy atom. The van der Waals surface area contributed by atoms with Gasteiger partial charge in [0.15, 0.2) is 0 Å². The van der Waals surface area contributed by atoms with Crippen LogP contribution in [0.5, 0.6) is 0 Å². The molecular weight excluding hydrogens is 625 g/mol. The first-order chi connectivity index (χ1) is 25.2. The maximum Gasteiger partial charge on any atom is -0.0411 e. The molecule has 0 N–H and O–H groups in total. The Morgan fingerprint density at radius 1 is 0.192 bits per heavy atom. The van der Waals surface area contributed by atoms with Crippen molar-refractivity contribution < 1.29 is 0 Å². The predicted molar refractivity (Wildman–Crippen MR) is 251 cm³/mol. The molecule has 0 aromatic heterocycles. The third-order valence-electron chi connectivity index (χ3n) is 3.33. The molecule has 0 aliphatic heterocycles. The summed E-state index contributed by atoms with van der Waals surface area (Å²) in [5.74, 6) is 0. The second-order valence-corrected chi connectivity index (χ2v) is 10.9. The van der Waals surface area contributed by atoms with Gasteiger partial charge in [-0.1, -0.05) is 326 Å². The van der Waals surface area contributed by atoms with E-state index in [2.05, 4.69) is 69.2 Å². The second kappa shape index (κ2) is 81.2. The Morgan fingerprint density at radius 2 is 0.212 bits per heavy atom. The van der Waals surface area contributed by atoms with Crippen LogP contribution in [-0.4, -0.2) is 0 Å². The fraction of sp³-hybridized carbons (Fsp3) is 0.423. The first kappa shape index (κ1) is 66.4. The summed E-state index contributed by atoms with van der Waals surface area (Å²) in [5, 5.41) is 0. The van der Waals surface area contributed by atoms with Gasteiger partial charge in [0.1, 0.15) is 0 Å². The van der Waals surface area contributed by atoms with E-state index in [-0.39, 0.29) is 0 Å². The van der Waals surface area contributed by atoms with E-state index in [9.17, 15) is 0 Å². The summed E-state index contributed by atoms with van der Waals surface area (Å²) in [7, 11) is 0. The fourth-order valence-corrected chi connectivity index (χ4v) is 1.92. The number of benzene rings is 5. The molecule has 0 unspecified atom stereocenters. The van der Waals surface area contributed by atoms with Crippen LogP contribution in [0.4, 0.5) is 0 Å². The van der Waals surface area contributed by atoms with Crippen molar-refractivity contribution in [2.75, 3.05) is 0 Å². The molecule has 0 bridgehead atoms. The third-order valence-corrected chi connectivity index (χ3v) is 3.33. The molecule has 0 aliphatic rings. The smallest absolute Gasteiger partial charge is 0.0411 e. The summed E-state index contributed by atoms with van der Waals surface area (Å²) in [5.41, 5.74) is 0.500. The highest BCUT2D eigenvalue weighted by Gasteiger charge is 1.95. The quantitative estimate of drug-likeness (QED) is 0.150. The summed E-state index contributed by atoms with van der Waals surface area (Å²) < 4.78 is 0. The van der Waals surface area contributed by atoms with Crippen molar-refractivity contribution in [1.29, 1.82) is 0 Å². The van der Waals surface area contributed by atoms with Crippen molar-refractivity contribution in [3.63, 3.8) is 0 Å². The summed E-state index contributed by atoms with van der Waals surface area (Å²) >= 11 is 0. The van der Waals surface area contributed by atoms with Gasteiger partial charge in [-0.15, -0.1) is 0 Å². The van der Waals surface area contributed by atoms with Crippen molar-refractivity contribution in [3.8, 4) is 0 Å². The molecule has 0 spiro atoms. The second-order valence-electron chi connectivity index (χ2n) is 10.9. The van der Waals surface area contributed by atoms with Gasteiger partial charge in [-0.2, -0.15) is 0 Å². The Labute approximate surface area is 330 Å². The van der Waals surface area contributed by atoms with E-state index in [4.69, 9.17) is 0 Å². The van der Waals surface area contributed by atoms with Crippen LogP contribution in [0.2, 0.25) is 0 Å². The normalized spacial score (nSPS) is 7.27. The lowest BCUT2D eigenvalue weighted by molar-refractivity contribution is 0.469. The molecule has 0 heteroatoms. The lowest BCUT2D eigenvalue weighted by Gasteiger charge is -2.05. The Balaban J connectivity index is -0.0000000689. The van der Waals surface area contributed by atoms with Gasteiger partial charge in [-0.05, 0) is 5.41 Å². The predicted octanol–water partition coefficient (Wildman–Crippen LogP) is 18.8. The zero-order valence-electron chi connectivity index (χ0n) is 37.9. The monoisotopic (exact) mass is 715 g/mol. The summed E-state index contributed by atoms with van der Waals surface area (Å²) in [4.78, 5) is 0. The van der Waals surface area contributed by atoms with Crippen LogP contribution in [0.25, 0.3) is 0 Å². The van der Waals surface area contributed by atoms with Crippen molar-refractivity contribution in [2.45, 2.75) is 144 Å². The summed E-state index contributed by atoms with van der Waals surface area (Å²) in [6.07, 6.45) is 3.75. The highest BCUT2D eigenvalue weighted by molar-refractivity contribution is 5.01. The molecular formula is C52H90. The minimum Gasteiger partial charge on any atom is -0.0683 e. The summed E-state index contributed by atoms with van der Waals surface area (Å²) in [6, 6.07) is 60.0. The molecule has 52 heavy (non-hydrogen) atoms. The number of hydrogen-bond donors (Lipinski definition) is 0. The molecule has 0 aliphatic carbocycles. The molecule has 0 fully saturated rings. The van der Waals surface area contributed by atoms with E-state index >= 15 is 0 Å². The average molecular weight is 715 g/mol. The molecule has 0 saturated heterocycles. The van der Waals surface area contributed by atoms with E-state index < -0.39 is 0 Å². The van der Waals surface area contributed by atoms with E-state index in [1.165, 1.54) is 19.3 Å². The lowest BCUT2D eigenvalue weighted by atomic mass is 10.0. The van der Waals surface area contributed by atoms with Crippen LogP contribution in [0.1, 0.15) is 144 Å². The molecule has 0 atom stereocenters. The zero-order valence-corrected chi connectivity index (χ0v) is 37.9. The Kier molecular flexibility index (Phi) is 104. The maximum atomic E-state index is 2.19. The number of rotatable bonds is 0. The first-order valence-corrected chi connectivity index (χ1v) is 20.2. The topological polar surface area (TPSA) is 0 Å². The van der Waals surface area contributed by atoms with Gasteiger partial charge in [0, 0.05) is 0 Å². The van der Waals surface area contributed by atoms with Gasteiger partial charge in [0.05, 0.1) is 0 Å². The van der Waals surface area contributed by atoms with E-state index in [1.54, 1.807) is 0 Å². The van der Waals surface area contributed by atoms with Crippen molar-refractivity contribution in [3.05, 3.63) is 182 Å². The van der Waals surface area contributed by atoms with Crippen LogP contribution in [0.15, 0.2) is 182 Å². The molecule has 0 saturated carbocycles. The molecule has 0 heterocycles. The van der Waals surface area contributed by atoms with Crippen molar-refractivity contribution in [1.82, 2.24) is 0 Å². The van der Waals surface area contributed by atoms with Gasteiger partial charge < -0.3 is 0 Å². The Hall–Kier alpha value is -3.90. The fourth-order valence-electron chi connectivity index (χ4n) is 1.92. The van der Waals surface area contributed by atoms with Gasteiger partial charge >= 0.3 is 0 Å². The van der Waals surface area contributed by atoms with Gasteiger partial charge in [0.2, 0.25) is 0 Å². The highest BCUT2D eigenvalue weighted by atomic mass is 14.0. The minimum absolute atomic E-state index is 0.500. The highest BCUT2D eigenvalue weighted by Crippen LogP contribution is 2.08. The van der Waals surface area contributed by atoms with E-state index in [0.717, 1.165) is 0 Å². The summed E-state index contributed by atoms with van der Waals surface area (Å²) in [6.45, 7) is 37.5. The zero-order chi connectivity index (χ0) is 41.8. The molecule has 298 valence electrons. The Bertz CT molecular complexity index is 663. The molecule has 5 aromatic rings. The van der Waals surface area contributed by atoms with Crippen LogP contribution >= 0.6 is 0 Å².